The van der Waals surface area contributed by atoms with Gasteiger partial charge in [-0.3, -0.25) is 4.79 Å². The molecule has 0 radical (unpaired) electrons. The van der Waals surface area contributed by atoms with Gasteiger partial charge in [0.2, 0.25) is 5.91 Å². The SMILES string of the molecule is CCN(Cc1nc2c([nH]1)c(N)nc1ccc(Br)cc12)C(=O)C(C)C. The number of pyridine rings is 1. The Bertz CT molecular complexity index is 918. The van der Waals surface area contributed by atoms with Gasteiger partial charge in [0.05, 0.1) is 12.1 Å². The van der Waals surface area contributed by atoms with E-state index in [0.29, 0.717) is 30.2 Å². The first-order chi connectivity index (χ1) is 11.4. The van der Waals surface area contributed by atoms with E-state index < -0.39 is 0 Å². The number of nitrogens with two attached hydrogens (primary N) is 1. The highest BCUT2D eigenvalue weighted by Crippen LogP contribution is 2.28. The van der Waals surface area contributed by atoms with Crippen LogP contribution >= 0.6 is 15.9 Å². The van der Waals surface area contributed by atoms with Crippen molar-refractivity contribution in [2.24, 2.45) is 5.92 Å². The van der Waals surface area contributed by atoms with Crippen molar-refractivity contribution in [2.75, 3.05) is 12.3 Å². The Kier molecular flexibility index (Phi) is 4.45. The second-order valence-electron chi connectivity index (χ2n) is 6.07. The van der Waals surface area contributed by atoms with E-state index in [0.717, 1.165) is 20.9 Å². The first-order valence-corrected chi connectivity index (χ1v) is 8.72. The highest BCUT2D eigenvalue weighted by molar-refractivity contribution is 9.10. The lowest BCUT2D eigenvalue weighted by molar-refractivity contribution is -0.134. The highest BCUT2D eigenvalue weighted by atomic mass is 79.9. The molecule has 2 heterocycles. The van der Waals surface area contributed by atoms with E-state index in [9.17, 15) is 4.79 Å². The molecule has 0 aliphatic rings. The zero-order valence-electron chi connectivity index (χ0n) is 13.9. The summed E-state index contributed by atoms with van der Waals surface area (Å²) in [4.78, 5) is 26.4. The average molecular weight is 390 g/mol. The third-order valence-corrected chi connectivity index (χ3v) is 4.48. The molecule has 2 aromatic heterocycles. The van der Waals surface area contributed by atoms with Gasteiger partial charge in [-0.1, -0.05) is 29.8 Å². The molecule has 3 N–H and O–H groups in total. The minimum atomic E-state index is -0.0437. The van der Waals surface area contributed by atoms with Crippen LogP contribution in [0.3, 0.4) is 0 Å². The number of carbonyl (C=O) groups excluding carboxylic acids is 1. The number of nitrogens with one attached hydrogen (secondary N) is 1. The fourth-order valence-electron chi connectivity index (χ4n) is 2.75. The Morgan fingerprint density at radius 3 is 2.79 bits per heavy atom. The number of halogens is 1. The maximum atomic E-state index is 12.3. The Morgan fingerprint density at radius 2 is 2.12 bits per heavy atom. The van der Waals surface area contributed by atoms with Gasteiger partial charge in [0.1, 0.15) is 22.7 Å². The second-order valence-corrected chi connectivity index (χ2v) is 6.99. The Hall–Kier alpha value is -2.15. The van der Waals surface area contributed by atoms with Crippen molar-refractivity contribution in [3.8, 4) is 0 Å². The summed E-state index contributed by atoms with van der Waals surface area (Å²) in [6.07, 6.45) is 0. The van der Waals surface area contributed by atoms with Crippen LogP contribution in [0.1, 0.15) is 26.6 Å². The second kappa shape index (κ2) is 6.39. The van der Waals surface area contributed by atoms with E-state index >= 15 is 0 Å². The first-order valence-electron chi connectivity index (χ1n) is 7.92. The monoisotopic (exact) mass is 389 g/mol. The van der Waals surface area contributed by atoms with Gasteiger partial charge in [-0.15, -0.1) is 0 Å². The van der Waals surface area contributed by atoms with E-state index in [1.54, 1.807) is 4.90 Å². The topological polar surface area (TPSA) is 87.9 Å². The van der Waals surface area contributed by atoms with Gasteiger partial charge in [0, 0.05) is 22.3 Å². The quantitative estimate of drug-likeness (QED) is 0.714. The van der Waals surface area contributed by atoms with Crippen molar-refractivity contribution in [3.05, 3.63) is 28.5 Å². The average Bonchev–Trinajstić information content (AvgIpc) is 2.97. The van der Waals surface area contributed by atoms with Crippen molar-refractivity contribution in [3.63, 3.8) is 0 Å². The number of H-pyrrole nitrogens is 1. The Balaban J connectivity index is 2.07. The molecular weight excluding hydrogens is 370 g/mol. The van der Waals surface area contributed by atoms with Crippen molar-refractivity contribution >= 4 is 49.6 Å². The number of benzene rings is 1. The molecular formula is C17H20BrN5O. The molecule has 0 saturated carbocycles. The number of aromatic amines is 1. The molecule has 0 saturated heterocycles. The maximum absolute atomic E-state index is 12.3. The molecule has 1 aromatic carbocycles. The summed E-state index contributed by atoms with van der Waals surface area (Å²) in [5.41, 5.74) is 8.36. The van der Waals surface area contributed by atoms with E-state index in [2.05, 4.69) is 30.9 Å². The van der Waals surface area contributed by atoms with Crippen LogP contribution < -0.4 is 5.73 Å². The van der Waals surface area contributed by atoms with Gasteiger partial charge in [-0.25, -0.2) is 9.97 Å². The molecule has 0 spiro atoms. The lowest BCUT2D eigenvalue weighted by Gasteiger charge is -2.21. The number of hydrogen-bond donors (Lipinski definition) is 2. The normalized spacial score (nSPS) is 11.5. The number of rotatable bonds is 4. The van der Waals surface area contributed by atoms with Crippen LogP contribution in [0.5, 0.6) is 0 Å². The smallest absolute Gasteiger partial charge is 0.225 e. The van der Waals surface area contributed by atoms with Gasteiger partial charge in [-0.05, 0) is 25.1 Å². The van der Waals surface area contributed by atoms with Crippen molar-refractivity contribution in [1.29, 1.82) is 0 Å². The molecule has 0 fully saturated rings. The van der Waals surface area contributed by atoms with E-state index in [1.807, 2.05) is 39.0 Å². The zero-order valence-corrected chi connectivity index (χ0v) is 15.5. The number of imidazole rings is 1. The zero-order chi connectivity index (χ0) is 17.4. The Morgan fingerprint density at radius 1 is 1.38 bits per heavy atom. The van der Waals surface area contributed by atoms with Gasteiger partial charge in [-0.2, -0.15) is 0 Å². The van der Waals surface area contributed by atoms with Crippen LogP contribution in [0.2, 0.25) is 0 Å². The third kappa shape index (κ3) is 2.96. The molecule has 1 amide bonds. The predicted molar refractivity (Wildman–Crippen MR) is 99.4 cm³/mol. The number of nitrogen functional groups attached to an aromatic ring is 1. The number of aromatic nitrogens is 3. The number of amides is 1. The summed E-state index contributed by atoms with van der Waals surface area (Å²) in [5.74, 6) is 1.19. The van der Waals surface area contributed by atoms with Crippen molar-refractivity contribution in [1.82, 2.24) is 19.9 Å². The molecule has 0 aliphatic carbocycles. The molecule has 126 valence electrons. The van der Waals surface area contributed by atoms with Crippen LogP contribution in [-0.2, 0) is 11.3 Å². The number of carbonyl (C=O) groups is 1. The molecule has 24 heavy (non-hydrogen) atoms. The summed E-state index contributed by atoms with van der Waals surface area (Å²) >= 11 is 3.48. The summed E-state index contributed by atoms with van der Waals surface area (Å²) in [5, 5.41) is 0.925. The fourth-order valence-corrected chi connectivity index (χ4v) is 3.11. The first kappa shape index (κ1) is 16.7. The third-order valence-electron chi connectivity index (χ3n) is 3.99. The van der Waals surface area contributed by atoms with Crippen LogP contribution in [0, 0.1) is 5.92 Å². The highest BCUT2D eigenvalue weighted by Gasteiger charge is 2.18. The lowest BCUT2D eigenvalue weighted by atomic mass is 10.2. The number of nitrogens with zero attached hydrogens (tertiary/aromatic N) is 3. The molecule has 0 atom stereocenters. The van der Waals surface area contributed by atoms with Crippen LogP contribution in [0.15, 0.2) is 22.7 Å². The summed E-state index contributed by atoms with van der Waals surface area (Å²) in [6, 6.07) is 5.81. The fraction of sp³-hybridized carbons (Fsp3) is 0.353. The van der Waals surface area contributed by atoms with Crippen LogP contribution in [0.4, 0.5) is 5.82 Å². The standard InChI is InChI=1S/C17H20BrN5O/c1-4-23(17(24)9(2)3)8-13-21-14-11-7-10(18)5-6-12(11)20-16(19)15(14)22-13/h5-7,9H,4,8H2,1-3H3,(H2,19,20)(H,21,22). The lowest BCUT2D eigenvalue weighted by Crippen LogP contribution is -2.33. The number of hydrogen-bond acceptors (Lipinski definition) is 4. The number of anilines is 1. The molecule has 3 aromatic rings. The molecule has 3 rings (SSSR count). The minimum Gasteiger partial charge on any atom is -0.382 e. The van der Waals surface area contributed by atoms with Crippen LogP contribution in [-0.4, -0.2) is 32.3 Å². The van der Waals surface area contributed by atoms with E-state index in [-0.39, 0.29) is 11.8 Å². The summed E-state index contributed by atoms with van der Waals surface area (Å²) in [6.45, 7) is 6.82. The number of fused-ring (bicyclic) bond motifs is 3. The molecule has 0 bridgehead atoms. The van der Waals surface area contributed by atoms with Gasteiger partial charge in [0.15, 0.2) is 0 Å². The van der Waals surface area contributed by atoms with Crippen molar-refractivity contribution in [2.45, 2.75) is 27.3 Å². The minimum absolute atomic E-state index is 0.0437. The summed E-state index contributed by atoms with van der Waals surface area (Å²) in [7, 11) is 0. The molecule has 0 aliphatic heterocycles. The Labute approximate surface area is 148 Å². The van der Waals surface area contributed by atoms with Gasteiger partial charge >= 0.3 is 0 Å². The van der Waals surface area contributed by atoms with E-state index in [4.69, 9.17) is 5.73 Å². The molecule has 6 nitrogen and oxygen atoms in total. The van der Waals surface area contributed by atoms with Gasteiger partial charge < -0.3 is 15.6 Å². The molecule has 0 unspecified atom stereocenters. The largest absolute Gasteiger partial charge is 0.382 e. The van der Waals surface area contributed by atoms with Crippen LogP contribution in [0.25, 0.3) is 21.9 Å². The van der Waals surface area contributed by atoms with Crippen molar-refractivity contribution < 1.29 is 4.79 Å². The maximum Gasteiger partial charge on any atom is 0.225 e. The molecule has 7 heteroatoms. The van der Waals surface area contributed by atoms with E-state index in [1.165, 1.54) is 0 Å². The predicted octanol–water partition coefficient (Wildman–Crippen LogP) is 3.46. The summed E-state index contributed by atoms with van der Waals surface area (Å²) < 4.78 is 0.956. The van der Waals surface area contributed by atoms with Gasteiger partial charge in [0.25, 0.3) is 0 Å².